The molecule has 12 nitrogen and oxygen atoms in total. The Balaban J connectivity index is 1.27. The maximum Gasteiger partial charge on any atom is 0.254 e. The van der Waals surface area contributed by atoms with Crippen LogP contribution in [-0.2, 0) is 9.53 Å². The predicted molar refractivity (Wildman–Crippen MR) is 163 cm³/mol. The Morgan fingerprint density at radius 1 is 1.20 bits per heavy atom. The molecular weight excluding hydrogens is 639 g/mol. The summed E-state index contributed by atoms with van der Waals surface area (Å²) < 4.78 is 5.73. The number of nitrogens with one attached hydrogen (secondary N) is 1. The third kappa shape index (κ3) is 5.26. The highest BCUT2D eigenvalue weighted by molar-refractivity contribution is 14.1. The molecule has 6 rings (SSSR count). The van der Waals surface area contributed by atoms with Gasteiger partial charge in [0.2, 0.25) is 0 Å². The van der Waals surface area contributed by atoms with E-state index in [1.165, 1.54) is 6.07 Å². The van der Waals surface area contributed by atoms with Gasteiger partial charge in [0.25, 0.3) is 11.8 Å². The molecule has 0 unspecified atom stereocenters. The zero-order valence-electron chi connectivity index (χ0n) is 22.7. The monoisotopic (exact) mass is 672 g/mol. The SMILES string of the molecule is [N-]=[N+]=NC[C@@H]1C(=O)N(CI)c2ccc(Nc3ccc(C(=O)N4CC5(COC5)C4)cc3O)nc2N1C1CCCCCC1. The number of phenolic OH excluding ortho intramolecular Hbond substituents is 1. The second-order valence-corrected chi connectivity index (χ2v) is 12.1. The average Bonchev–Trinajstić information content (AvgIpc) is 3.21. The first-order valence-corrected chi connectivity index (χ1v) is 15.6. The molecule has 0 bridgehead atoms. The largest absolute Gasteiger partial charge is 0.506 e. The number of ether oxygens (including phenoxy) is 1. The number of nitrogens with zero attached hydrogens (tertiary/aromatic N) is 7. The van der Waals surface area contributed by atoms with Crippen LogP contribution in [0.25, 0.3) is 10.4 Å². The number of rotatable bonds is 7. The van der Waals surface area contributed by atoms with Crippen molar-refractivity contribution in [1.82, 2.24) is 9.88 Å². The number of benzene rings is 1. The molecule has 1 spiro atoms. The Bertz CT molecular complexity index is 1380. The number of pyridine rings is 1. The normalized spacial score (nSPS) is 21.8. The van der Waals surface area contributed by atoms with E-state index in [9.17, 15) is 14.7 Å². The van der Waals surface area contributed by atoms with Crippen molar-refractivity contribution in [1.29, 1.82) is 0 Å². The van der Waals surface area contributed by atoms with E-state index in [1.807, 2.05) is 6.07 Å². The van der Waals surface area contributed by atoms with Gasteiger partial charge in [-0.15, -0.1) is 0 Å². The number of carbonyl (C=O) groups is 2. The maximum atomic E-state index is 13.6. The van der Waals surface area contributed by atoms with E-state index in [0.29, 0.717) is 59.4 Å². The number of phenols is 1. The van der Waals surface area contributed by atoms with Crippen LogP contribution < -0.4 is 15.1 Å². The Morgan fingerprint density at radius 3 is 2.59 bits per heavy atom. The van der Waals surface area contributed by atoms with Gasteiger partial charge in [0.1, 0.15) is 17.6 Å². The molecule has 2 amide bonds. The summed E-state index contributed by atoms with van der Waals surface area (Å²) in [5.74, 6) is 0.904. The number of halogens is 1. The Kier molecular flexibility index (Phi) is 7.84. The number of hydrogen-bond donors (Lipinski definition) is 2. The van der Waals surface area contributed by atoms with Crippen molar-refractivity contribution in [3.05, 3.63) is 46.3 Å². The quantitative estimate of drug-likeness (QED) is 0.0619. The topological polar surface area (TPSA) is 147 Å². The number of azide groups is 1. The Morgan fingerprint density at radius 2 is 1.95 bits per heavy atom. The Hall–Kier alpha value is -3.29. The molecule has 13 heteroatoms. The molecule has 1 aromatic heterocycles. The molecule has 3 aliphatic heterocycles. The average molecular weight is 673 g/mol. The lowest BCUT2D eigenvalue weighted by Gasteiger charge is -2.54. The number of anilines is 4. The summed E-state index contributed by atoms with van der Waals surface area (Å²) in [5.41, 5.74) is 10.7. The molecule has 3 fully saturated rings. The highest BCUT2D eigenvalue weighted by Crippen LogP contribution is 2.41. The Labute approximate surface area is 251 Å². The van der Waals surface area contributed by atoms with Crippen molar-refractivity contribution in [2.75, 3.05) is 52.5 Å². The van der Waals surface area contributed by atoms with Gasteiger partial charge in [0, 0.05) is 29.6 Å². The second kappa shape index (κ2) is 11.5. The minimum atomic E-state index is -0.634. The van der Waals surface area contributed by atoms with Crippen LogP contribution in [0.1, 0.15) is 48.9 Å². The fourth-order valence-corrected chi connectivity index (χ4v) is 7.12. The smallest absolute Gasteiger partial charge is 0.254 e. The molecule has 1 aliphatic carbocycles. The van der Waals surface area contributed by atoms with Gasteiger partial charge in [0.15, 0.2) is 5.82 Å². The van der Waals surface area contributed by atoms with Crippen molar-refractivity contribution in [2.45, 2.75) is 50.6 Å². The number of amides is 2. The highest BCUT2D eigenvalue weighted by Gasteiger charge is 2.50. The zero-order chi connectivity index (χ0) is 28.6. The van der Waals surface area contributed by atoms with Gasteiger partial charge >= 0.3 is 0 Å². The van der Waals surface area contributed by atoms with E-state index >= 15 is 0 Å². The van der Waals surface area contributed by atoms with Gasteiger partial charge in [-0.05, 0) is 48.7 Å². The number of aromatic nitrogens is 1. The maximum absolute atomic E-state index is 13.6. The van der Waals surface area contributed by atoms with Crippen molar-refractivity contribution in [3.8, 4) is 5.75 Å². The zero-order valence-corrected chi connectivity index (χ0v) is 24.9. The summed E-state index contributed by atoms with van der Waals surface area (Å²) in [4.78, 5) is 39.9. The van der Waals surface area contributed by atoms with Crippen molar-refractivity contribution in [2.24, 2.45) is 10.5 Å². The summed E-state index contributed by atoms with van der Waals surface area (Å²) in [6.45, 7) is 2.79. The lowest BCUT2D eigenvalue weighted by atomic mass is 9.78. The minimum Gasteiger partial charge on any atom is -0.506 e. The number of fused-ring (bicyclic) bond motifs is 1. The van der Waals surface area contributed by atoms with Gasteiger partial charge in [-0.3, -0.25) is 14.5 Å². The summed E-state index contributed by atoms with van der Waals surface area (Å²) >= 11 is 2.16. The first-order valence-electron chi connectivity index (χ1n) is 14.1. The summed E-state index contributed by atoms with van der Waals surface area (Å²) in [5, 5.41) is 17.8. The fourth-order valence-electron chi connectivity index (χ4n) is 6.41. The van der Waals surface area contributed by atoms with Crippen LogP contribution in [0.5, 0.6) is 5.75 Å². The van der Waals surface area contributed by atoms with Gasteiger partial charge in [-0.1, -0.05) is 53.4 Å². The van der Waals surface area contributed by atoms with Gasteiger partial charge in [-0.25, -0.2) is 4.98 Å². The molecular formula is C28H33IN8O4. The molecule has 4 heterocycles. The standard InChI is InChI=1S/C28H33IN8O4/c29-17-36-21-9-10-24(32-20-8-7-18(11-23(20)38)26(39)35-13-28(14-35)15-41-16-28)33-25(21)37(19-5-3-1-2-4-6-19)22(27(36)40)12-31-34-30/h7-11,19,22,38H,1-6,12-17H2,(H,32,33)/t22-/m1/s1. The van der Waals surface area contributed by atoms with Crippen LogP contribution in [0.4, 0.5) is 23.0 Å². The molecule has 1 saturated carbocycles. The molecule has 41 heavy (non-hydrogen) atoms. The summed E-state index contributed by atoms with van der Waals surface area (Å²) in [6.07, 6.45) is 6.32. The summed E-state index contributed by atoms with van der Waals surface area (Å²) in [6, 6.07) is 7.98. The van der Waals surface area contributed by atoms with E-state index in [0.717, 1.165) is 38.5 Å². The molecule has 0 radical (unpaired) electrons. The minimum absolute atomic E-state index is 0.0270. The number of likely N-dealkylation sites (tertiary alicyclic amines) is 1. The highest BCUT2D eigenvalue weighted by atomic mass is 127. The van der Waals surface area contributed by atoms with E-state index in [-0.39, 0.29) is 35.6 Å². The van der Waals surface area contributed by atoms with Crippen LogP contribution in [0.3, 0.4) is 0 Å². The van der Waals surface area contributed by atoms with E-state index < -0.39 is 6.04 Å². The van der Waals surface area contributed by atoms with Crippen molar-refractivity contribution >= 4 is 57.4 Å². The molecule has 1 atom stereocenters. The van der Waals surface area contributed by atoms with Gasteiger partial charge in [0.05, 0.1) is 41.1 Å². The van der Waals surface area contributed by atoms with Gasteiger partial charge in [-0.2, -0.15) is 0 Å². The molecule has 216 valence electrons. The number of hydrogen-bond acceptors (Lipinski definition) is 8. The van der Waals surface area contributed by atoms with Crippen molar-refractivity contribution in [3.63, 3.8) is 0 Å². The van der Waals surface area contributed by atoms with E-state index in [1.54, 1.807) is 28.0 Å². The van der Waals surface area contributed by atoms with Crippen LogP contribution in [0, 0.1) is 5.41 Å². The first kappa shape index (κ1) is 27.9. The predicted octanol–water partition coefficient (Wildman–Crippen LogP) is 4.95. The van der Waals surface area contributed by atoms with Gasteiger partial charge < -0.3 is 25.0 Å². The number of aromatic hydroxyl groups is 1. The van der Waals surface area contributed by atoms with Crippen LogP contribution in [-0.4, -0.2) is 76.3 Å². The lowest BCUT2D eigenvalue weighted by Crippen LogP contribution is -2.67. The van der Waals surface area contributed by atoms with Crippen molar-refractivity contribution < 1.29 is 19.4 Å². The van der Waals surface area contributed by atoms with E-state index in [4.69, 9.17) is 15.3 Å². The number of carbonyl (C=O) groups excluding carboxylic acids is 2. The van der Waals surface area contributed by atoms with Crippen LogP contribution in [0.2, 0.25) is 0 Å². The second-order valence-electron chi connectivity index (χ2n) is 11.4. The summed E-state index contributed by atoms with van der Waals surface area (Å²) in [7, 11) is 0. The lowest BCUT2D eigenvalue weighted by molar-refractivity contribution is -0.176. The fraction of sp³-hybridized carbons (Fsp3) is 0.536. The third-order valence-electron chi connectivity index (χ3n) is 8.60. The molecule has 4 aliphatic rings. The molecule has 2 aromatic rings. The molecule has 2 saturated heterocycles. The first-order chi connectivity index (χ1) is 19.9. The van der Waals surface area contributed by atoms with Crippen LogP contribution in [0.15, 0.2) is 35.4 Å². The third-order valence-corrected chi connectivity index (χ3v) is 9.28. The molecule has 1 aromatic carbocycles. The van der Waals surface area contributed by atoms with E-state index in [2.05, 4.69) is 42.8 Å². The number of alkyl halides is 1. The van der Waals surface area contributed by atoms with Crippen LogP contribution >= 0.6 is 22.6 Å². The molecule has 2 N–H and O–H groups in total.